The Morgan fingerprint density at radius 1 is 0.718 bits per heavy atom. The molecule has 8 heteroatoms. The molecule has 39 heavy (non-hydrogen) atoms. The van der Waals surface area contributed by atoms with Crippen LogP contribution < -0.4 is 9.47 Å². The van der Waals surface area contributed by atoms with Gasteiger partial charge in [-0.3, -0.25) is 0 Å². The van der Waals surface area contributed by atoms with Gasteiger partial charge in [-0.05, 0) is 70.3 Å². The van der Waals surface area contributed by atoms with E-state index in [0.29, 0.717) is 18.1 Å². The van der Waals surface area contributed by atoms with E-state index in [1.54, 1.807) is 46.9 Å². The Morgan fingerprint density at radius 2 is 1.18 bits per heavy atom. The number of carbonyl (C=O) groups is 1. The van der Waals surface area contributed by atoms with Gasteiger partial charge in [0.15, 0.2) is 6.61 Å². The van der Waals surface area contributed by atoms with Gasteiger partial charge in [-0.25, -0.2) is 4.79 Å². The first kappa shape index (κ1) is 27.0. The number of aliphatic carboxylic acids is 1. The minimum atomic E-state index is -1.02. The summed E-state index contributed by atoms with van der Waals surface area (Å²) < 4.78 is 11.2. The van der Waals surface area contributed by atoms with Crippen LogP contribution in [0, 0.1) is 0 Å². The lowest BCUT2D eigenvalue weighted by atomic mass is 9.95. The zero-order chi connectivity index (χ0) is 27.2. The average molecular weight is 594 g/mol. The van der Waals surface area contributed by atoms with E-state index in [4.69, 9.17) is 37.8 Å². The molecule has 3 aromatic carbocycles. The Kier molecular flexibility index (Phi) is 8.69. The molecule has 1 N–H and O–H groups in total. The molecule has 0 aliphatic rings. The summed E-state index contributed by atoms with van der Waals surface area (Å²) in [5, 5.41) is 14.1. The van der Waals surface area contributed by atoms with Crippen molar-refractivity contribution in [3.63, 3.8) is 0 Å². The molecule has 196 valence electrons. The van der Waals surface area contributed by atoms with E-state index in [-0.39, 0.29) is 6.61 Å². The third kappa shape index (κ3) is 7.11. The largest absolute Gasteiger partial charge is 0.490 e. The molecule has 5 aromatic rings. The first-order valence-electron chi connectivity index (χ1n) is 11.9. The fraction of sp³-hybridized carbons (Fsp3) is 0.0645. The number of benzene rings is 3. The van der Waals surface area contributed by atoms with Crippen LogP contribution in [0.1, 0.15) is 11.1 Å². The van der Waals surface area contributed by atoms with E-state index in [9.17, 15) is 4.79 Å². The summed E-state index contributed by atoms with van der Waals surface area (Å²) in [6.45, 7) is -0.0435. The second-order valence-electron chi connectivity index (χ2n) is 8.50. The number of rotatable bonds is 10. The summed E-state index contributed by atoms with van der Waals surface area (Å²) >= 11 is 15.5. The fourth-order valence-electron chi connectivity index (χ4n) is 3.96. The fourth-order valence-corrected chi connectivity index (χ4v) is 6.12. The molecule has 0 unspecified atom stereocenters. The number of carboxylic acid groups (broad SMARTS) is 1. The van der Waals surface area contributed by atoms with Crippen LogP contribution in [0.5, 0.6) is 11.5 Å². The van der Waals surface area contributed by atoms with Crippen molar-refractivity contribution in [2.24, 2.45) is 0 Å². The molecule has 0 radical (unpaired) electrons. The Balaban J connectivity index is 1.38. The van der Waals surface area contributed by atoms with Gasteiger partial charge < -0.3 is 14.6 Å². The highest BCUT2D eigenvalue weighted by molar-refractivity contribution is 7.14. The van der Waals surface area contributed by atoms with Crippen LogP contribution in [-0.2, 0) is 4.79 Å². The van der Waals surface area contributed by atoms with Crippen LogP contribution in [0.15, 0.2) is 102 Å². The van der Waals surface area contributed by atoms with E-state index >= 15 is 0 Å². The molecule has 0 amide bonds. The molecule has 0 spiro atoms. The molecule has 0 bridgehead atoms. The maximum absolute atomic E-state index is 10.7. The molecule has 4 nitrogen and oxygen atoms in total. The third-order valence-electron chi connectivity index (χ3n) is 5.82. The van der Waals surface area contributed by atoms with Gasteiger partial charge in [0.2, 0.25) is 0 Å². The van der Waals surface area contributed by atoms with Crippen LogP contribution >= 0.6 is 45.9 Å². The third-order valence-corrected chi connectivity index (χ3v) is 8.47. The second kappa shape index (κ2) is 12.5. The van der Waals surface area contributed by atoms with Crippen LogP contribution in [0.25, 0.3) is 26.5 Å². The van der Waals surface area contributed by atoms with Crippen LogP contribution in [-0.4, -0.2) is 24.3 Å². The van der Waals surface area contributed by atoms with Crippen molar-refractivity contribution < 1.29 is 19.4 Å². The van der Waals surface area contributed by atoms with Gasteiger partial charge >= 0.3 is 5.97 Å². The van der Waals surface area contributed by atoms with Crippen LogP contribution in [0.4, 0.5) is 0 Å². The van der Waals surface area contributed by atoms with Crippen molar-refractivity contribution >= 4 is 57.4 Å². The summed E-state index contributed by atoms with van der Waals surface area (Å²) in [4.78, 5) is 12.9. The molecular weight excluding hydrogens is 571 g/mol. The summed E-state index contributed by atoms with van der Waals surface area (Å²) in [5.74, 6) is 0.107. The first-order valence-corrected chi connectivity index (χ1v) is 14.4. The topological polar surface area (TPSA) is 55.8 Å². The minimum Gasteiger partial charge on any atom is -0.490 e. The Bertz CT molecular complexity index is 1500. The molecule has 2 heterocycles. The van der Waals surface area contributed by atoms with Crippen molar-refractivity contribution in [2.75, 3.05) is 13.2 Å². The van der Waals surface area contributed by atoms with E-state index in [1.807, 2.05) is 22.9 Å². The lowest BCUT2D eigenvalue weighted by molar-refractivity contribution is -0.139. The molecule has 5 rings (SSSR count). The highest BCUT2D eigenvalue weighted by atomic mass is 35.5. The Hall–Kier alpha value is -3.55. The number of hydrogen-bond donors (Lipinski definition) is 1. The number of carboxylic acids is 1. The maximum atomic E-state index is 10.7. The number of thiophene rings is 2. The molecule has 0 atom stereocenters. The van der Waals surface area contributed by atoms with Gasteiger partial charge in [-0.1, -0.05) is 71.7 Å². The van der Waals surface area contributed by atoms with Crippen LogP contribution in [0.3, 0.4) is 0 Å². The molecular formula is C31H22Cl2O4S2. The Morgan fingerprint density at radius 3 is 1.59 bits per heavy atom. The van der Waals surface area contributed by atoms with Crippen molar-refractivity contribution in [2.45, 2.75) is 0 Å². The number of hydrogen-bond acceptors (Lipinski definition) is 5. The van der Waals surface area contributed by atoms with Crippen molar-refractivity contribution in [1.29, 1.82) is 0 Å². The van der Waals surface area contributed by atoms with Gasteiger partial charge in [0.05, 0.1) is 10.0 Å². The summed E-state index contributed by atoms with van der Waals surface area (Å²) in [7, 11) is 0. The molecule has 2 aromatic heterocycles. The first-order chi connectivity index (χ1) is 18.9. The quantitative estimate of drug-likeness (QED) is 0.175. The van der Waals surface area contributed by atoms with Gasteiger partial charge in [-0.15, -0.1) is 22.7 Å². The molecule has 0 aliphatic carbocycles. The minimum absolute atomic E-state index is 0.342. The molecule has 0 saturated heterocycles. The van der Waals surface area contributed by atoms with Crippen LogP contribution in [0.2, 0.25) is 10.0 Å². The standard InChI is InChI=1S/C31H22Cl2O4S2/c32-24-15-29(38-18-24)22-5-1-20(2-6-22)28(21-3-7-23(8-4-21)30-16-25(33)19-39-30)13-14-36-26-9-11-27(12-10-26)37-17-31(34)35/h1-13,15-16,18-19H,14,17H2,(H,34,35). The molecule has 0 fully saturated rings. The van der Waals surface area contributed by atoms with E-state index in [2.05, 4.69) is 54.6 Å². The SMILES string of the molecule is O=C(O)COc1ccc(OCC=C(c2ccc(-c3cc(Cl)cs3)cc2)c2ccc(-c3cc(Cl)cs3)cc2)cc1. The van der Waals surface area contributed by atoms with E-state index in [0.717, 1.165) is 47.6 Å². The van der Waals surface area contributed by atoms with Gasteiger partial charge in [-0.2, -0.15) is 0 Å². The zero-order valence-electron chi connectivity index (χ0n) is 20.5. The van der Waals surface area contributed by atoms with E-state index in [1.165, 1.54) is 0 Å². The summed E-state index contributed by atoms with van der Waals surface area (Å²) in [5.41, 5.74) is 5.40. The van der Waals surface area contributed by atoms with Crippen molar-refractivity contribution in [3.05, 3.63) is 123 Å². The van der Waals surface area contributed by atoms with E-state index < -0.39 is 5.97 Å². The van der Waals surface area contributed by atoms with Gasteiger partial charge in [0.25, 0.3) is 0 Å². The van der Waals surface area contributed by atoms with Crippen molar-refractivity contribution in [1.82, 2.24) is 0 Å². The highest BCUT2D eigenvalue weighted by Gasteiger charge is 2.09. The average Bonchev–Trinajstić information content (AvgIpc) is 3.59. The highest BCUT2D eigenvalue weighted by Crippen LogP contribution is 2.34. The summed E-state index contributed by atoms with van der Waals surface area (Å²) in [6.07, 6.45) is 2.06. The zero-order valence-corrected chi connectivity index (χ0v) is 23.6. The maximum Gasteiger partial charge on any atom is 0.341 e. The monoisotopic (exact) mass is 592 g/mol. The number of halogens is 2. The normalized spacial score (nSPS) is 10.7. The smallest absolute Gasteiger partial charge is 0.341 e. The predicted molar refractivity (Wildman–Crippen MR) is 162 cm³/mol. The Labute approximate surface area is 244 Å². The predicted octanol–water partition coefficient (Wildman–Crippen LogP) is 9.42. The molecule has 0 aliphatic heterocycles. The summed E-state index contributed by atoms with van der Waals surface area (Å²) in [6, 6.07) is 27.7. The lowest BCUT2D eigenvalue weighted by Gasteiger charge is -2.12. The second-order valence-corrected chi connectivity index (χ2v) is 11.2. The lowest BCUT2D eigenvalue weighted by Crippen LogP contribution is -2.09. The van der Waals surface area contributed by atoms with Gasteiger partial charge in [0, 0.05) is 20.5 Å². The number of ether oxygens (including phenoxy) is 2. The van der Waals surface area contributed by atoms with Crippen molar-refractivity contribution in [3.8, 4) is 32.4 Å². The van der Waals surface area contributed by atoms with Gasteiger partial charge in [0.1, 0.15) is 18.1 Å². The molecule has 0 saturated carbocycles.